The van der Waals surface area contributed by atoms with Gasteiger partial charge in [-0.3, -0.25) is 0 Å². The molecule has 1 heteroatoms. The van der Waals surface area contributed by atoms with Crippen molar-refractivity contribution in [3.05, 3.63) is 35.4 Å². The van der Waals surface area contributed by atoms with Crippen molar-refractivity contribution in [1.82, 2.24) is 0 Å². The first-order chi connectivity index (χ1) is 6.77. The van der Waals surface area contributed by atoms with Crippen LogP contribution in [0.3, 0.4) is 0 Å². The van der Waals surface area contributed by atoms with Crippen LogP contribution in [0.25, 0.3) is 0 Å². The smallest absolute Gasteiger partial charge is 0.0367 e. The van der Waals surface area contributed by atoms with Crippen LogP contribution in [0.4, 0.5) is 0 Å². The Labute approximate surface area is 91.3 Å². The number of hydrogen-bond donors (Lipinski definition) is 0. The van der Waals surface area contributed by atoms with Crippen LogP contribution in [0.1, 0.15) is 30.4 Å². The second-order valence-corrected chi connectivity index (χ2v) is 4.90. The normalized spacial score (nSPS) is 26.7. The van der Waals surface area contributed by atoms with E-state index in [1.165, 1.54) is 36.8 Å². The fourth-order valence-corrected chi connectivity index (χ4v) is 2.71. The highest BCUT2D eigenvalue weighted by Gasteiger charge is 2.25. The Balaban J connectivity index is 2.07. The Bertz CT molecular complexity index is 306. The van der Waals surface area contributed by atoms with E-state index in [-0.39, 0.29) is 0 Å². The van der Waals surface area contributed by atoms with Gasteiger partial charge in [0.05, 0.1) is 0 Å². The van der Waals surface area contributed by atoms with Crippen LogP contribution in [0.15, 0.2) is 24.3 Å². The minimum absolute atomic E-state index is 0.412. The van der Waals surface area contributed by atoms with Gasteiger partial charge in [-0.1, -0.05) is 30.7 Å². The first-order valence-corrected chi connectivity index (χ1v) is 5.89. The molecule has 2 unspecified atom stereocenters. The molecule has 1 aromatic carbocycles. The van der Waals surface area contributed by atoms with Gasteiger partial charge in [-0.05, 0) is 43.2 Å². The predicted octanol–water partition coefficient (Wildman–Crippen LogP) is 3.95. The van der Waals surface area contributed by atoms with Crippen LogP contribution < -0.4 is 0 Å². The molecule has 76 valence electrons. The van der Waals surface area contributed by atoms with Crippen LogP contribution in [-0.4, -0.2) is 5.38 Å². The molecular weight excluding hydrogens is 192 g/mol. The summed E-state index contributed by atoms with van der Waals surface area (Å²) in [5.74, 6) is 0.706. The van der Waals surface area contributed by atoms with Gasteiger partial charge in [0.25, 0.3) is 0 Å². The van der Waals surface area contributed by atoms with Crippen molar-refractivity contribution < 1.29 is 0 Å². The van der Waals surface area contributed by atoms with Crippen molar-refractivity contribution in [2.24, 2.45) is 5.92 Å². The van der Waals surface area contributed by atoms with Gasteiger partial charge in [-0.25, -0.2) is 0 Å². The van der Waals surface area contributed by atoms with Crippen molar-refractivity contribution in [2.75, 3.05) is 0 Å². The zero-order chi connectivity index (χ0) is 9.97. The highest BCUT2D eigenvalue weighted by Crippen LogP contribution is 2.33. The van der Waals surface area contributed by atoms with Crippen LogP contribution in [0.5, 0.6) is 0 Å². The van der Waals surface area contributed by atoms with Crippen molar-refractivity contribution in [1.29, 1.82) is 0 Å². The number of hydrogen-bond acceptors (Lipinski definition) is 0. The molecule has 2 rings (SSSR count). The standard InChI is InChI=1S/C13H17Cl/c1-10-5-2-3-6-11(10)9-12-7-4-8-13(12)14/h2-3,5-6,12-13H,4,7-9H2,1H3. The van der Waals surface area contributed by atoms with Crippen molar-refractivity contribution in [3.63, 3.8) is 0 Å². The van der Waals surface area contributed by atoms with E-state index in [1.807, 2.05) is 0 Å². The second-order valence-electron chi connectivity index (χ2n) is 4.34. The summed E-state index contributed by atoms with van der Waals surface area (Å²) < 4.78 is 0. The molecule has 0 saturated heterocycles. The molecule has 2 atom stereocenters. The molecule has 0 aromatic heterocycles. The molecule has 0 aliphatic heterocycles. The predicted molar refractivity (Wildman–Crippen MR) is 61.9 cm³/mol. The van der Waals surface area contributed by atoms with Gasteiger partial charge < -0.3 is 0 Å². The summed E-state index contributed by atoms with van der Waals surface area (Å²) in [7, 11) is 0. The Morgan fingerprint density at radius 3 is 2.71 bits per heavy atom. The summed E-state index contributed by atoms with van der Waals surface area (Å²) in [5.41, 5.74) is 2.88. The summed E-state index contributed by atoms with van der Waals surface area (Å²) in [5, 5.41) is 0.412. The van der Waals surface area contributed by atoms with Crippen LogP contribution in [0, 0.1) is 12.8 Å². The lowest BCUT2D eigenvalue weighted by molar-refractivity contribution is 0.551. The maximum absolute atomic E-state index is 6.28. The Kier molecular flexibility index (Phi) is 3.12. The molecule has 1 aliphatic carbocycles. The highest BCUT2D eigenvalue weighted by atomic mass is 35.5. The first kappa shape index (κ1) is 10.0. The van der Waals surface area contributed by atoms with E-state index in [1.54, 1.807) is 0 Å². The van der Waals surface area contributed by atoms with E-state index in [9.17, 15) is 0 Å². The summed E-state index contributed by atoms with van der Waals surface area (Å²) in [6.07, 6.45) is 4.99. The number of benzene rings is 1. The SMILES string of the molecule is Cc1ccccc1CC1CCCC1Cl. The Morgan fingerprint density at radius 2 is 2.07 bits per heavy atom. The average Bonchev–Trinajstić information content (AvgIpc) is 2.56. The van der Waals surface area contributed by atoms with Crippen molar-refractivity contribution in [2.45, 2.75) is 38.0 Å². The quantitative estimate of drug-likeness (QED) is 0.646. The molecule has 0 N–H and O–H groups in total. The molecule has 0 nitrogen and oxygen atoms in total. The molecule has 1 saturated carbocycles. The molecule has 1 aliphatic rings. The largest absolute Gasteiger partial charge is 0.123 e. The summed E-state index contributed by atoms with van der Waals surface area (Å²) in [4.78, 5) is 0. The van der Waals surface area contributed by atoms with Crippen LogP contribution >= 0.6 is 11.6 Å². The van der Waals surface area contributed by atoms with Crippen molar-refractivity contribution in [3.8, 4) is 0 Å². The molecule has 0 radical (unpaired) electrons. The van der Waals surface area contributed by atoms with Crippen LogP contribution in [-0.2, 0) is 6.42 Å². The van der Waals surface area contributed by atoms with Gasteiger partial charge in [0.1, 0.15) is 0 Å². The van der Waals surface area contributed by atoms with E-state index in [4.69, 9.17) is 11.6 Å². The number of halogens is 1. The van der Waals surface area contributed by atoms with Crippen molar-refractivity contribution >= 4 is 11.6 Å². The zero-order valence-corrected chi connectivity index (χ0v) is 9.43. The highest BCUT2D eigenvalue weighted by molar-refractivity contribution is 6.20. The Hall–Kier alpha value is -0.490. The number of rotatable bonds is 2. The topological polar surface area (TPSA) is 0 Å². The third kappa shape index (κ3) is 2.12. The number of alkyl halides is 1. The minimum Gasteiger partial charge on any atom is -0.123 e. The fraction of sp³-hybridized carbons (Fsp3) is 0.538. The maximum Gasteiger partial charge on any atom is 0.0367 e. The lowest BCUT2D eigenvalue weighted by Crippen LogP contribution is -2.10. The van der Waals surface area contributed by atoms with E-state index in [0.717, 1.165) is 0 Å². The molecule has 0 bridgehead atoms. The molecule has 1 aromatic rings. The first-order valence-electron chi connectivity index (χ1n) is 5.46. The lowest BCUT2D eigenvalue weighted by Gasteiger charge is -2.14. The van der Waals surface area contributed by atoms with Gasteiger partial charge in [0, 0.05) is 5.38 Å². The minimum atomic E-state index is 0.412. The van der Waals surface area contributed by atoms with Gasteiger partial charge >= 0.3 is 0 Å². The third-order valence-corrected chi connectivity index (χ3v) is 3.88. The summed E-state index contributed by atoms with van der Waals surface area (Å²) >= 11 is 6.28. The average molecular weight is 209 g/mol. The summed E-state index contributed by atoms with van der Waals surface area (Å²) in [6, 6.07) is 8.65. The molecule has 0 amide bonds. The van der Waals surface area contributed by atoms with E-state index in [0.29, 0.717) is 11.3 Å². The maximum atomic E-state index is 6.28. The van der Waals surface area contributed by atoms with E-state index < -0.39 is 0 Å². The molecule has 1 fully saturated rings. The van der Waals surface area contributed by atoms with Gasteiger partial charge in [-0.15, -0.1) is 11.6 Å². The number of aryl methyl sites for hydroxylation is 1. The molecule has 0 heterocycles. The van der Waals surface area contributed by atoms with Gasteiger partial charge in [-0.2, -0.15) is 0 Å². The zero-order valence-electron chi connectivity index (χ0n) is 8.67. The van der Waals surface area contributed by atoms with E-state index >= 15 is 0 Å². The van der Waals surface area contributed by atoms with Gasteiger partial charge in [0.15, 0.2) is 0 Å². The second kappa shape index (κ2) is 4.35. The van der Waals surface area contributed by atoms with E-state index in [2.05, 4.69) is 31.2 Å². The fourth-order valence-electron chi connectivity index (χ4n) is 2.34. The molecule has 14 heavy (non-hydrogen) atoms. The molecule has 0 spiro atoms. The lowest BCUT2D eigenvalue weighted by atomic mass is 9.95. The third-order valence-electron chi connectivity index (χ3n) is 3.31. The van der Waals surface area contributed by atoms with Crippen LogP contribution in [0.2, 0.25) is 0 Å². The molecular formula is C13H17Cl. The monoisotopic (exact) mass is 208 g/mol. The Morgan fingerprint density at radius 1 is 1.29 bits per heavy atom. The summed E-state index contributed by atoms with van der Waals surface area (Å²) in [6.45, 7) is 2.19. The van der Waals surface area contributed by atoms with Gasteiger partial charge in [0.2, 0.25) is 0 Å².